The molecule has 0 fully saturated rings. The molecule has 0 aliphatic carbocycles. The Kier molecular flexibility index (Phi) is 4.25. The second-order valence-corrected chi connectivity index (χ2v) is 5.13. The first kappa shape index (κ1) is 12.2. The molecule has 0 spiro atoms. The van der Waals surface area contributed by atoms with E-state index in [1.165, 1.54) is 0 Å². The number of imidazole rings is 1. The maximum absolute atomic E-state index is 10.6. The third-order valence-corrected chi connectivity index (χ3v) is 2.86. The molecule has 1 aromatic rings. The Balaban J connectivity index is 2.15. The molecule has 6 nitrogen and oxygen atoms in total. The van der Waals surface area contributed by atoms with Crippen molar-refractivity contribution >= 4 is 10.0 Å². The number of sulfonamides is 1. The van der Waals surface area contributed by atoms with Crippen molar-refractivity contribution in [3.8, 4) is 0 Å². The summed E-state index contributed by atoms with van der Waals surface area (Å²) in [6.07, 6.45) is 4.02. The minimum atomic E-state index is -3.32. The van der Waals surface area contributed by atoms with Crippen molar-refractivity contribution in [3.63, 3.8) is 0 Å². The van der Waals surface area contributed by atoms with Crippen molar-refractivity contribution in [1.82, 2.24) is 14.9 Å². The fraction of sp³-hybridized carbons (Fsp3) is 0.625. The molecular formula is C8H16N4O2S. The minimum Gasteiger partial charge on any atom is -0.337 e. The van der Waals surface area contributed by atoms with Gasteiger partial charge in [0.1, 0.15) is 0 Å². The molecule has 1 aromatic heterocycles. The average Bonchev–Trinajstić information content (AvgIpc) is 2.49. The first-order chi connectivity index (χ1) is 6.99. The second kappa shape index (κ2) is 5.24. The van der Waals surface area contributed by atoms with Crippen LogP contribution in [0, 0.1) is 0 Å². The van der Waals surface area contributed by atoms with Crippen LogP contribution in [-0.2, 0) is 23.6 Å². The van der Waals surface area contributed by atoms with Gasteiger partial charge in [-0.15, -0.1) is 0 Å². The van der Waals surface area contributed by atoms with Gasteiger partial charge < -0.3 is 9.88 Å². The first-order valence-electron chi connectivity index (χ1n) is 4.65. The molecule has 0 radical (unpaired) electrons. The lowest BCUT2D eigenvalue weighted by Gasteiger charge is -2.04. The molecule has 0 aliphatic heterocycles. The van der Waals surface area contributed by atoms with Gasteiger partial charge in [0.15, 0.2) is 0 Å². The molecule has 0 aliphatic rings. The monoisotopic (exact) mass is 232 g/mol. The number of hydrogen-bond donors (Lipinski definition) is 2. The molecule has 7 heteroatoms. The minimum absolute atomic E-state index is 0.0192. The van der Waals surface area contributed by atoms with Crippen molar-refractivity contribution < 1.29 is 8.42 Å². The van der Waals surface area contributed by atoms with Crippen LogP contribution in [0.25, 0.3) is 0 Å². The Morgan fingerprint density at radius 2 is 2.33 bits per heavy atom. The lowest BCUT2D eigenvalue weighted by Crippen LogP contribution is -2.22. The second-order valence-electron chi connectivity index (χ2n) is 3.39. The van der Waals surface area contributed by atoms with Gasteiger partial charge in [0.05, 0.1) is 17.8 Å². The SMILES string of the molecule is Cn1cncc1CNCCCS(N)(=O)=O. The van der Waals surface area contributed by atoms with Gasteiger partial charge in [-0.05, 0) is 13.0 Å². The summed E-state index contributed by atoms with van der Waals surface area (Å²) in [5.41, 5.74) is 1.06. The number of aromatic nitrogens is 2. The summed E-state index contributed by atoms with van der Waals surface area (Å²) in [4.78, 5) is 3.97. The lowest BCUT2D eigenvalue weighted by molar-refractivity contribution is 0.588. The highest BCUT2D eigenvalue weighted by Gasteiger charge is 2.01. The fourth-order valence-corrected chi connectivity index (χ4v) is 1.72. The van der Waals surface area contributed by atoms with Crippen LogP contribution in [0.4, 0.5) is 0 Å². The van der Waals surface area contributed by atoms with Crippen LogP contribution >= 0.6 is 0 Å². The molecule has 0 bridgehead atoms. The van der Waals surface area contributed by atoms with Gasteiger partial charge in [0, 0.05) is 19.8 Å². The van der Waals surface area contributed by atoms with E-state index in [0.29, 0.717) is 19.5 Å². The van der Waals surface area contributed by atoms with Gasteiger partial charge in [0.25, 0.3) is 0 Å². The summed E-state index contributed by atoms with van der Waals surface area (Å²) in [6, 6.07) is 0. The average molecular weight is 232 g/mol. The van der Waals surface area contributed by atoms with E-state index in [-0.39, 0.29) is 5.75 Å². The largest absolute Gasteiger partial charge is 0.337 e. The van der Waals surface area contributed by atoms with E-state index >= 15 is 0 Å². The molecule has 1 rings (SSSR count). The predicted octanol–water partition coefficient (Wildman–Crippen LogP) is -0.812. The zero-order valence-corrected chi connectivity index (χ0v) is 9.50. The van der Waals surface area contributed by atoms with Crippen molar-refractivity contribution in [2.45, 2.75) is 13.0 Å². The summed E-state index contributed by atoms with van der Waals surface area (Å²) in [7, 11) is -1.41. The number of rotatable bonds is 6. The maximum atomic E-state index is 10.6. The van der Waals surface area contributed by atoms with Crippen molar-refractivity contribution in [1.29, 1.82) is 0 Å². The summed E-state index contributed by atoms with van der Waals surface area (Å²) in [5.74, 6) is 0.0192. The molecule has 0 saturated carbocycles. The number of primary sulfonamides is 1. The lowest BCUT2D eigenvalue weighted by atomic mass is 10.4. The summed E-state index contributed by atoms with van der Waals surface area (Å²) in [5, 5.41) is 7.99. The zero-order valence-electron chi connectivity index (χ0n) is 8.68. The first-order valence-corrected chi connectivity index (χ1v) is 6.37. The molecule has 0 amide bonds. The maximum Gasteiger partial charge on any atom is 0.209 e. The van der Waals surface area contributed by atoms with Gasteiger partial charge in [-0.3, -0.25) is 0 Å². The molecule has 0 saturated heterocycles. The quantitative estimate of drug-likeness (QED) is 0.628. The van der Waals surface area contributed by atoms with Crippen molar-refractivity contribution in [3.05, 3.63) is 18.2 Å². The third kappa shape index (κ3) is 4.91. The fourth-order valence-electron chi connectivity index (χ4n) is 1.17. The molecule has 15 heavy (non-hydrogen) atoms. The topological polar surface area (TPSA) is 90.0 Å². The van der Waals surface area contributed by atoms with Crippen molar-refractivity contribution in [2.75, 3.05) is 12.3 Å². The normalized spacial score (nSPS) is 11.9. The Labute approximate surface area is 89.5 Å². The van der Waals surface area contributed by atoms with Crippen LogP contribution in [0.3, 0.4) is 0 Å². The number of nitrogens with two attached hydrogens (primary N) is 1. The van der Waals surface area contributed by atoms with Crippen LogP contribution in [0.5, 0.6) is 0 Å². The van der Waals surface area contributed by atoms with Gasteiger partial charge in [-0.25, -0.2) is 18.5 Å². The Bertz CT molecular complexity index is 399. The number of aryl methyl sites for hydroxylation is 1. The Hall–Kier alpha value is -0.920. The standard InChI is InChI=1S/C8H16N4O2S/c1-12-7-11-6-8(12)5-10-3-2-4-15(9,13)14/h6-7,10H,2-5H2,1H3,(H2,9,13,14). The molecule has 0 aromatic carbocycles. The van der Waals surface area contributed by atoms with E-state index in [4.69, 9.17) is 5.14 Å². The van der Waals surface area contributed by atoms with E-state index in [1.807, 2.05) is 11.6 Å². The smallest absolute Gasteiger partial charge is 0.209 e. The number of hydrogen-bond acceptors (Lipinski definition) is 4. The third-order valence-electron chi connectivity index (χ3n) is 2.00. The van der Waals surface area contributed by atoms with E-state index in [2.05, 4.69) is 10.3 Å². The molecular weight excluding hydrogens is 216 g/mol. The van der Waals surface area contributed by atoms with Crippen LogP contribution in [0.1, 0.15) is 12.1 Å². The summed E-state index contributed by atoms with van der Waals surface area (Å²) in [6.45, 7) is 1.31. The number of nitrogens with zero attached hydrogens (tertiary/aromatic N) is 2. The van der Waals surface area contributed by atoms with Crippen LogP contribution < -0.4 is 10.5 Å². The zero-order chi connectivity index (χ0) is 11.3. The highest BCUT2D eigenvalue weighted by molar-refractivity contribution is 7.89. The highest BCUT2D eigenvalue weighted by atomic mass is 32.2. The van der Waals surface area contributed by atoms with Gasteiger partial charge in [-0.2, -0.15) is 0 Å². The number of nitrogens with one attached hydrogen (secondary N) is 1. The molecule has 3 N–H and O–H groups in total. The molecule has 0 atom stereocenters. The highest BCUT2D eigenvalue weighted by Crippen LogP contribution is 1.94. The van der Waals surface area contributed by atoms with E-state index in [0.717, 1.165) is 5.69 Å². The molecule has 86 valence electrons. The summed E-state index contributed by atoms with van der Waals surface area (Å²) >= 11 is 0. The van der Waals surface area contributed by atoms with Crippen LogP contribution in [0.15, 0.2) is 12.5 Å². The predicted molar refractivity (Wildman–Crippen MR) is 57.5 cm³/mol. The van der Waals surface area contributed by atoms with Gasteiger partial charge in [0.2, 0.25) is 10.0 Å². The van der Waals surface area contributed by atoms with Crippen LogP contribution in [-0.4, -0.2) is 30.3 Å². The summed E-state index contributed by atoms with van der Waals surface area (Å²) < 4.78 is 23.1. The van der Waals surface area contributed by atoms with E-state index in [1.54, 1.807) is 12.5 Å². The van der Waals surface area contributed by atoms with Gasteiger partial charge in [-0.1, -0.05) is 0 Å². The van der Waals surface area contributed by atoms with E-state index < -0.39 is 10.0 Å². The Morgan fingerprint density at radius 1 is 1.60 bits per heavy atom. The molecule has 0 unspecified atom stereocenters. The van der Waals surface area contributed by atoms with E-state index in [9.17, 15) is 8.42 Å². The Morgan fingerprint density at radius 3 is 2.87 bits per heavy atom. The van der Waals surface area contributed by atoms with Crippen molar-refractivity contribution in [2.24, 2.45) is 12.2 Å². The van der Waals surface area contributed by atoms with Crippen LogP contribution in [0.2, 0.25) is 0 Å². The van der Waals surface area contributed by atoms with Gasteiger partial charge >= 0.3 is 0 Å². The molecule has 1 heterocycles.